The smallest absolute Gasteiger partial charge is 0.262 e. The number of imide groups is 1. The van der Waals surface area contributed by atoms with E-state index in [4.69, 9.17) is 5.73 Å². The molecule has 0 fully saturated rings. The van der Waals surface area contributed by atoms with E-state index in [0.717, 1.165) is 28.0 Å². The van der Waals surface area contributed by atoms with Gasteiger partial charge in [0.05, 0.1) is 16.8 Å². The van der Waals surface area contributed by atoms with Crippen LogP contribution < -0.4 is 16.6 Å². The van der Waals surface area contributed by atoms with Crippen LogP contribution in [-0.4, -0.2) is 16.4 Å². The number of benzene rings is 3. The molecule has 0 radical (unpaired) electrons. The molecule has 1 aromatic heterocycles. The number of anilines is 1. The van der Waals surface area contributed by atoms with Gasteiger partial charge in [0.2, 0.25) is 0 Å². The summed E-state index contributed by atoms with van der Waals surface area (Å²) in [5.74, 6) is -1.25. The molecule has 140 valence electrons. The van der Waals surface area contributed by atoms with E-state index in [2.05, 4.69) is 5.32 Å². The Morgan fingerprint density at radius 2 is 1.52 bits per heavy atom. The number of aromatic nitrogens is 1. The van der Waals surface area contributed by atoms with E-state index in [-0.39, 0.29) is 16.9 Å². The zero-order chi connectivity index (χ0) is 20.1. The normalized spacial score (nSPS) is 12.8. The Labute approximate surface area is 165 Å². The third-order valence-corrected chi connectivity index (χ3v) is 5.16. The Hall–Kier alpha value is -4.19. The van der Waals surface area contributed by atoms with E-state index in [1.54, 1.807) is 6.07 Å². The molecule has 4 aromatic rings. The van der Waals surface area contributed by atoms with E-state index >= 15 is 0 Å². The second-order valence-corrected chi connectivity index (χ2v) is 6.85. The van der Waals surface area contributed by atoms with Gasteiger partial charge in [0, 0.05) is 6.07 Å². The van der Waals surface area contributed by atoms with Gasteiger partial charge in [-0.2, -0.15) is 0 Å². The lowest BCUT2D eigenvalue weighted by atomic mass is 9.98. The molecule has 0 saturated carbocycles. The Morgan fingerprint density at radius 3 is 2.38 bits per heavy atom. The monoisotopic (exact) mass is 381 g/mol. The van der Waals surface area contributed by atoms with Gasteiger partial charge in [0.1, 0.15) is 5.82 Å². The van der Waals surface area contributed by atoms with Crippen LogP contribution in [0.25, 0.3) is 27.6 Å². The first kappa shape index (κ1) is 16.9. The Kier molecular flexibility index (Phi) is 3.61. The largest absolute Gasteiger partial charge is 0.384 e. The summed E-state index contributed by atoms with van der Waals surface area (Å²) < 4.78 is 1.26. The minimum Gasteiger partial charge on any atom is -0.384 e. The molecule has 1 aliphatic heterocycles. The maximum absolute atomic E-state index is 12.7. The first-order valence-electron chi connectivity index (χ1n) is 9.04. The zero-order valence-corrected chi connectivity index (χ0v) is 15.2. The molecule has 29 heavy (non-hydrogen) atoms. The molecule has 3 aromatic carbocycles. The topological polar surface area (TPSA) is 94.2 Å². The lowest BCUT2D eigenvalue weighted by Gasteiger charge is -2.14. The molecule has 0 unspecified atom stereocenters. The van der Waals surface area contributed by atoms with E-state index in [1.165, 1.54) is 4.57 Å². The molecular formula is C23H15N3O3. The molecule has 6 heteroatoms. The van der Waals surface area contributed by atoms with Gasteiger partial charge < -0.3 is 5.73 Å². The molecule has 0 bridgehead atoms. The van der Waals surface area contributed by atoms with Crippen LogP contribution >= 0.6 is 0 Å². The van der Waals surface area contributed by atoms with E-state index < -0.39 is 17.4 Å². The van der Waals surface area contributed by atoms with Gasteiger partial charge in [-0.1, -0.05) is 54.6 Å². The van der Waals surface area contributed by atoms with Crippen LogP contribution in [0, 0.1) is 0 Å². The number of hydrogen-bond donors (Lipinski definition) is 2. The number of pyridine rings is 1. The van der Waals surface area contributed by atoms with Gasteiger partial charge >= 0.3 is 0 Å². The van der Waals surface area contributed by atoms with Crippen molar-refractivity contribution in [1.82, 2.24) is 9.88 Å². The number of carbonyl (C=O) groups excluding carboxylic acids is 2. The molecule has 0 atom stereocenters. The highest BCUT2D eigenvalue weighted by Gasteiger charge is 2.31. The minimum absolute atomic E-state index is 0.0129. The van der Waals surface area contributed by atoms with Crippen LogP contribution in [0.2, 0.25) is 0 Å². The fourth-order valence-corrected chi connectivity index (χ4v) is 3.84. The molecule has 0 aliphatic carbocycles. The average Bonchev–Trinajstić information content (AvgIpc) is 3.01. The number of rotatable bonds is 2. The highest BCUT2D eigenvalue weighted by molar-refractivity contribution is 6.23. The zero-order valence-electron chi connectivity index (χ0n) is 15.2. The van der Waals surface area contributed by atoms with Crippen molar-refractivity contribution in [3.63, 3.8) is 0 Å². The van der Waals surface area contributed by atoms with Crippen molar-refractivity contribution >= 4 is 28.4 Å². The molecule has 6 nitrogen and oxygen atoms in total. The van der Waals surface area contributed by atoms with Gasteiger partial charge in [-0.15, -0.1) is 0 Å². The van der Waals surface area contributed by atoms with E-state index in [0.29, 0.717) is 5.69 Å². The Morgan fingerprint density at radius 1 is 0.759 bits per heavy atom. The quantitative estimate of drug-likeness (QED) is 0.522. The molecule has 5 rings (SSSR count). The lowest BCUT2D eigenvalue weighted by Crippen LogP contribution is -2.24. The molecule has 0 spiro atoms. The molecule has 3 N–H and O–H groups in total. The maximum atomic E-state index is 12.7. The van der Waals surface area contributed by atoms with Crippen LogP contribution in [0.1, 0.15) is 20.7 Å². The number of hydrogen-bond acceptors (Lipinski definition) is 4. The summed E-state index contributed by atoms with van der Waals surface area (Å²) in [5.41, 5.74) is 8.17. The van der Waals surface area contributed by atoms with Crippen LogP contribution in [0.15, 0.2) is 77.6 Å². The highest BCUT2D eigenvalue weighted by atomic mass is 16.2. The van der Waals surface area contributed by atoms with Gasteiger partial charge in [0.25, 0.3) is 17.4 Å². The summed E-state index contributed by atoms with van der Waals surface area (Å²) in [6, 6.07) is 22.6. The molecule has 2 heterocycles. The number of amides is 2. The second kappa shape index (κ2) is 6.17. The van der Waals surface area contributed by atoms with Crippen molar-refractivity contribution in [2.75, 3.05) is 5.73 Å². The van der Waals surface area contributed by atoms with Crippen molar-refractivity contribution < 1.29 is 9.59 Å². The molecule has 1 aliphatic rings. The summed E-state index contributed by atoms with van der Waals surface area (Å²) in [6.07, 6.45) is 0. The summed E-state index contributed by atoms with van der Waals surface area (Å²) in [4.78, 5) is 36.7. The van der Waals surface area contributed by atoms with E-state index in [1.807, 2.05) is 60.7 Å². The van der Waals surface area contributed by atoms with E-state index in [9.17, 15) is 14.4 Å². The lowest BCUT2D eigenvalue weighted by molar-refractivity contribution is 0.0880. The average molecular weight is 381 g/mol. The Bertz CT molecular complexity index is 1400. The second-order valence-electron chi connectivity index (χ2n) is 6.85. The van der Waals surface area contributed by atoms with Crippen molar-refractivity contribution in [2.24, 2.45) is 0 Å². The summed E-state index contributed by atoms with van der Waals surface area (Å²) >= 11 is 0. The van der Waals surface area contributed by atoms with Crippen LogP contribution in [0.3, 0.4) is 0 Å². The first-order chi connectivity index (χ1) is 14.0. The molecule has 0 saturated heterocycles. The standard InChI is InChI=1S/C23H15N3O3/c24-21-20-18(22(28)25-23(20)29)12-19(27)26(21)15-8-3-7-14(11-15)17-10-4-6-13-5-1-2-9-16(13)17/h1-12H,24H2,(H,25,28,29). The van der Waals surface area contributed by atoms with Crippen molar-refractivity contribution in [1.29, 1.82) is 0 Å². The van der Waals surface area contributed by atoms with Crippen molar-refractivity contribution in [3.05, 3.63) is 94.3 Å². The fourth-order valence-electron chi connectivity index (χ4n) is 3.84. The number of nitrogens with two attached hydrogens (primary N) is 1. The van der Waals surface area contributed by atoms with Crippen molar-refractivity contribution in [2.45, 2.75) is 0 Å². The van der Waals surface area contributed by atoms with Crippen molar-refractivity contribution in [3.8, 4) is 16.8 Å². The third-order valence-electron chi connectivity index (χ3n) is 5.16. The van der Waals surface area contributed by atoms with Crippen LogP contribution in [-0.2, 0) is 0 Å². The molecular weight excluding hydrogens is 366 g/mol. The van der Waals surface area contributed by atoms with Gasteiger partial charge in [-0.3, -0.25) is 24.3 Å². The van der Waals surface area contributed by atoms with Gasteiger partial charge in [-0.05, 0) is 34.0 Å². The number of carbonyl (C=O) groups is 2. The summed E-state index contributed by atoms with van der Waals surface area (Å²) in [5, 5.41) is 4.38. The Balaban J connectivity index is 1.73. The van der Waals surface area contributed by atoms with Crippen LogP contribution in [0.4, 0.5) is 5.82 Å². The summed E-state index contributed by atoms with van der Waals surface area (Å²) in [6.45, 7) is 0. The first-order valence-corrected chi connectivity index (χ1v) is 9.04. The predicted molar refractivity (Wildman–Crippen MR) is 111 cm³/mol. The molecule has 2 amide bonds. The number of nitrogens with zero attached hydrogens (tertiary/aromatic N) is 1. The number of nitrogens with one attached hydrogen (secondary N) is 1. The third kappa shape index (κ3) is 2.54. The highest BCUT2D eigenvalue weighted by Crippen LogP contribution is 2.30. The number of fused-ring (bicyclic) bond motifs is 2. The van der Waals surface area contributed by atoms with Gasteiger partial charge in [-0.25, -0.2) is 0 Å². The minimum atomic E-state index is -0.606. The SMILES string of the molecule is Nc1c2c(cc(=O)n1-c1cccc(-c3cccc4ccccc34)c1)C(=O)NC2=O. The van der Waals surface area contributed by atoms with Crippen LogP contribution in [0.5, 0.6) is 0 Å². The number of nitrogen functional groups attached to an aromatic ring is 1. The maximum Gasteiger partial charge on any atom is 0.262 e. The predicted octanol–water partition coefficient (Wildman–Crippen LogP) is 3.12. The fraction of sp³-hybridized carbons (Fsp3) is 0. The summed E-state index contributed by atoms with van der Waals surface area (Å²) in [7, 11) is 0. The van der Waals surface area contributed by atoms with Gasteiger partial charge in [0.15, 0.2) is 0 Å².